The van der Waals surface area contributed by atoms with Gasteiger partial charge in [0.25, 0.3) is 0 Å². The smallest absolute Gasteiger partial charge is 0.343 e. The maximum atomic E-state index is 13.5. The van der Waals surface area contributed by atoms with Crippen molar-refractivity contribution in [2.24, 2.45) is 4.99 Å². The minimum Gasteiger partial charge on any atom is -0.505 e. The first-order valence-electron chi connectivity index (χ1n) is 11.5. The fourth-order valence-corrected chi connectivity index (χ4v) is 5.31. The number of sulfonamides is 1. The van der Waals surface area contributed by atoms with E-state index in [0.29, 0.717) is 22.3 Å². The third kappa shape index (κ3) is 6.02. The van der Waals surface area contributed by atoms with E-state index in [4.69, 9.17) is 20.8 Å². The molecule has 2 aromatic carbocycles. The molecule has 0 saturated heterocycles. The van der Waals surface area contributed by atoms with Crippen LogP contribution in [0.5, 0.6) is 0 Å². The number of hydrogen-bond acceptors (Lipinski definition) is 7. The number of hydrogen-bond donors (Lipinski definition) is 1. The van der Waals surface area contributed by atoms with Gasteiger partial charge < -0.3 is 14.3 Å². The summed E-state index contributed by atoms with van der Waals surface area (Å²) in [7, 11) is -3.85. The quantitative estimate of drug-likeness (QED) is 0.358. The summed E-state index contributed by atoms with van der Waals surface area (Å²) in [6, 6.07) is 18.4. The molecule has 192 valence electrons. The Morgan fingerprint density at radius 1 is 1.08 bits per heavy atom. The molecular formula is C27H25ClN2O6S. The van der Waals surface area contributed by atoms with Gasteiger partial charge in [-0.15, -0.1) is 0 Å². The number of rotatable bonds is 9. The van der Waals surface area contributed by atoms with Crippen molar-refractivity contribution in [1.82, 2.24) is 4.31 Å². The first-order chi connectivity index (χ1) is 17.7. The maximum Gasteiger partial charge on any atom is 0.343 e. The molecule has 2 heterocycles. The van der Waals surface area contributed by atoms with Crippen molar-refractivity contribution in [1.29, 1.82) is 0 Å². The minimum atomic E-state index is -3.85. The fourth-order valence-electron chi connectivity index (χ4n) is 3.76. The van der Waals surface area contributed by atoms with Crippen LogP contribution < -0.4 is 0 Å². The summed E-state index contributed by atoms with van der Waals surface area (Å²) < 4.78 is 39.1. The minimum absolute atomic E-state index is 0.00275. The first-order valence-corrected chi connectivity index (χ1v) is 13.3. The number of nitrogens with zero attached hydrogens (tertiary/aromatic N) is 2. The van der Waals surface area contributed by atoms with Gasteiger partial charge in [-0.05, 0) is 55.8 Å². The van der Waals surface area contributed by atoms with Crippen molar-refractivity contribution in [3.05, 3.63) is 106 Å². The zero-order chi connectivity index (χ0) is 26.6. The number of carbonyl (C=O) groups excluding carboxylic acids is 1. The number of carbonyl (C=O) groups is 1. The topological polar surface area (TPSA) is 109 Å². The Morgan fingerprint density at radius 2 is 1.78 bits per heavy atom. The molecule has 4 rings (SSSR count). The van der Waals surface area contributed by atoms with E-state index in [0.717, 1.165) is 5.56 Å². The van der Waals surface area contributed by atoms with Gasteiger partial charge in [0.2, 0.25) is 10.0 Å². The lowest BCUT2D eigenvalue weighted by molar-refractivity contribution is -0.138. The lowest BCUT2D eigenvalue weighted by Crippen LogP contribution is -2.30. The molecule has 37 heavy (non-hydrogen) atoms. The van der Waals surface area contributed by atoms with Crippen LogP contribution in [0, 0.1) is 0 Å². The highest BCUT2D eigenvalue weighted by atomic mass is 35.5. The van der Waals surface area contributed by atoms with Gasteiger partial charge in [0.15, 0.2) is 5.76 Å². The van der Waals surface area contributed by atoms with Gasteiger partial charge in [-0.1, -0.05) is 41.9 Å². The Labute approximate surface area is 220 Å². The normalized spacial score (nSPS) is 14.9. The third-order valence-corrected chi connectivity index (χ3v) is 7.61. The molecule has 0 fully saturated rings. The summed E-state index contributed by atoms with van der Waals surface area (Å²) in [6.45, 7) is 3.50. The predicted octanol–water partition coefficient (Wildman–Crippen LogP) is 5.51. The molecule has 1 N–H and O–H groups in total. The van der Waals surface area contributed by atoms with E-state index in [-0.39, 0.29) is 41.6 Å². The number of furan rings is 1. The van der Waals surface area contributed by atoms with Crippen LogP contribution in [0.15, 0.2) is 98.1 Å². The number of ether oxygens (including phenoxy) is 1. The van der Waals surface area contributed by atoms with Gasteiger partial charge in [-0.2, -0.15) is 4.31 Å². The zero-order valence-electron chi connectivity index (χ0n) is 20.2. The monoisotopic (exact) mass is 540 g/mol. The van der Waals surface area contributed by atoms with Crippen LogP contribution in [0.3, 0.4) is 0 Å². The average Bonchev–Trinajstić information content (AvgIpc) is 3.43. The molecule has 0 aliphatic carbocycles. The molecule has 0 saturated carbocycles. The van der Waals surface area contributed by atoms with E-state index in [1.165, 1.54) is 10.4 Å². The van der Waals surface area contributed by atoms with Gasteiger partial charge in [0.05, 0.1) is 23.8 Å². The van der Waals surface area contributed by atoms with Crippen molar-refractivity contribution in [3.8, 4) is 0 Å². The largest absolute Gasteiger partial charge is 0.505 e. The lowest BCUT2D eigenvalue weighted by atomic mass is 10.1. The SMILES string of the molecule is CCOC(=O)C1=C(O)/C(=C\c2ccc(CN(Cc3ccc(Cl)cc3)S(=O)(=O)c3ccccc3)o2)N=C1C. The predicted molar refractivity (Wildman–Crippen MR) is 140 cm³/mol. The standard InChI is InChI=1S/C27H25ClN2O6S/c1-3-35-27(32)25-18(2)29-24(26(25)31)15-21-13-14-22(36-21)17-30(16-19-9-11-20(28)12-10-19)37(33,34)23-7-5-4-6-8-23/h4-15,31H,3,16-17H2,1-2H3/b24-15+. The molecule has 1 aliphatic heterocycles. The summed E-state index contributed by atoms with van der Waals surface area (Å²) in [5, 5.41) is 11.1. The van der Waals surface area contributed by atoms with Gasteiger partial charge in [-0.25, -0.2) is 18.2 Å². The summed E-state index contributed by atoms with van der Waals surface area (Å²) >= 11 is 5.99. The van der Waals surface area contributed by atoms with Crippen molar-refractivity contribution < 1.29 is 27.5 Å². The van der Waals surface area contributed by atoms with Crippen molar-refractivity contribution in [2.45, 2.75) is 31.8 Å². The summed E-state index contributed by atoms with van der Waals surface area (Å²) in [4.78, 5) is 16.5. The van der Waals surface area contributed by atoms with Gasteiger partial charge in [-0.3, -0.25) is 0 Å². The molecule has 3 aromatic rings. The first kappa shape index (κ1) is 26.4. The molecule has 0 atom stereocenters. The van der Waals surface area contributed by atoms with Crippen LogP contribution >= 0.6 is 11.6 Å². The number of aliphatic hydroxyl groups is 1. The number of benzene rings is 2. The molecule has 1 aromatic heterocycles. The van der Waals surface area contributed by atoms with Gasteiger partial charge in [0.1, 0.15) is 22.8 Å². The van der Waals surface area contributed by atoms with Crippen molar-refractivity contribution >= 4 is 39.4 Å². The molecule has 0 unspecified atom stereocenters. The van der Waals surface area contributed by atoms with E-state index >= 15 is 0 Å². The Balaban J connectivity index is 1.61. The van der Waals surface area contributed by atoms with Crippen molar-refractivity contribution in [3.63, 3.8) is 0 Å². The molecule has 10 heteroatoms. The average molecular weight is 541 g/mol. The van der Waals surface area contributed by atoms with Crippen LogP contribution in [0.1, 0.15) is 30.9 Å². The highest BCUT2D eigenvalue weighted by Crippen LogP contribution is 2.28. The van der Waals surface area contributed by atoms with E-state index in [9.17, 15) is 18.3 Å². The van der Waals surface area contributed by atoms with Crippen LogP contribution in [-0.4, -0.2) is 36.1 Å². The van der Waals surface area contributed by atoms with E-state index in [1.54, 1.807) is 80.6 Å². The Morgan fingerprint density at radius 3 is 2.46 bits per heavy atom. The molecule has 1 aliphatic rings. The van der Waals surface area contributed by atoms with Crippen LogP contribution in [-0.2, 0) is 32.6 Å². The highest BCUT2D eigenvalue weighted by Gasteiger charge is 2.28. The fraction of sp³-hybridized carbons (Fsp3) is 0.185. The molecule has 0 bridgehead atoms. The van der Waals surface area contributed by atoms with Crippen LogP contribution in [0.25, 0.3) is 6.08 Å². The summed E-state index contributed by atoms with van der Waals surface area (Å²) in [5.41, 5.74) is 1.24. The second-order valence-electron chi connectivity index (χ2n) is 8.19. The van der Waals surface area contributed by atoms with E-state index < -0.39 is 16.0 Å². The van der Waals surface area contributed by atoms with E-state index in [1.807, 2.05) is 0 Å². The Hall–Kier alpha value is -3.66. The summed E-state index contributed by atoms with van der Waals surface area (Å²) in [6.07, 6.45) is 1.48. The molecule has 0 radical (unpaired) electrons. The molecular weight excluding hydrogens is 516 g/mol. The zero-order valence-corrected chi connectivity index (χ0v) is 21.8. The molecule has 8 nitrogen and oxygen atoms in total. The second-order valence-corrected chi connectivity index (χ2v) is 10.6. The van der Waals surface area contributed by atoms with Gasteiger partial charge in [0, 0.05) is 17.6 Å². The Bertz CT molecular complexity index is 1490. The highest BCUT2D eigenvalue weighted by molar-refractivity contribution is 7.89. The van der Waals surface area contributed by atoms with Crippen molar-refractivity contribution in [2.75, 3.05) is 6.61 Å². The van der Waals surface area contributed by atoms with Gasteiger partial charge >= 0.3 is 5.97 Å². The maximum absolute atomic E-state index is 13.5. The number of aliphatic imine (C=N–C) groups is 1. The third-order valence-electron chi connectivity index (χ3n) is 5.56. The number of halogens is 1. The number of aliphatic hydroxyl groups excluding tert-OH is 1. The molecule has 0 amide bonds. The second kappa shape index (κ2) is 11.2. The number of esters is 1. The Kier molecular flexibility index (Phi) is 7.97. The lowest BCUT2D eigenvalue weighted by Gasteiger charge is -2.21. The van der Waals surface area contributed by atoms with Crippen LogP contribution in [0.2, 0.25) is 5.02 Å². The summed E-state index contributed by atoms with van der Waals surface area (Å²) in [5.74, 6) is -0.242. The van der Waals surface area contributed by atoms with Crippen LogP contribution in [0.4, 0.5) is 0 Å². The molecule has 0 spiro atoms. The van der Waals surface area contributed by atoms with E-state index in [2.05, 4.69) is 4.99 Å².